The van der Waals surface area contributed by atoms with Crippen LogP contribution in [0.2, 0.25) is 0 Å². The van der Waals surface area contributed by atoms with Crippen LogP contribution < -0.4 is 0 Å². The highest BCUT2D eigenvalue weighted by Crippen LogP contribution is 2.40. The monoisotopic (exact) mass is 204 g/mol. The Morgan fingerprint density at radius 3 is 1.93 bits per heavy atom. The van der Waals surface area contributed by atoms with Crippen LogP contribution in [0.5, 0.6) is 0 Å². The molecule has 1 atom stereocenters. The van der Waals surface area contributed by atoms with Crippen molar-refractivity contribution in [1.29, 1.82) is 0 Å². The minimum atomic E-state index is 0.385. The average molecular weight is 204 g/mol. The van der Waals surface area contributed by atoms with Crippen molar-refractivity contribution >= 4 is 0 Å². The zero-order valence-corrected chi connectivity index (χ0v) is 10.6. The van der Waals surface area contributed by atoms with E-state index in [1.165, 1.54) is 24.8 Å². The maximum atomic E-state index is 2.39. The minimum absolute atomic E-state index is 0.385. The summed E-state index contributed by atoms with van der Waals surface area (Å²) in [5, 5.41) is 0. The van der Waals surface area contributed by atoms with Gasteiger partial charge in [0.1, 0.15) is 0 Å². The van der Waals surface area contributed by atoms with Crippen molar-refractivity contribution in [3.63, 3.8) is 0 Å². The molecular formula is C15H24. The molecule has 0 aromatic heterocycles. The molecule has 15 heavy (non-hydrogen) atoms. The van der Waals surface area contributed by atoms with E-state index in [1.807, 2.05) is 0 Å². The number of benzene rings is 1. The third-order valence-electron chi connectivity index (χ3n) is 4.17. The summed E-state index contributed by atoms with van der Waals surface area (Å²) in [5.74, 6) is 0.759. The van der Waals surface area contributed by atoms with E-state index >= 15 is 0 Å². The summed E-state index contributed by atoms with van der Waals surface area (Å²) < 4.78 is 0. The van der Waals surface area contributed by atoms with E-state index < -0.39 is 0 Å². The Morgan fingerprint density at radius 2 is 1.53 bits per heavy atom. The Labute approximate surface area is 94.7 Å². The van der Waals surface area contributed by atoms with Crippen LogP contribution in [-0.4, -0.2) is 0 Å². The van der Waals surface area contributed by atoms with E-state index in [0.29, 0.717) is 5.41 Å². The molecule has 0 saturated heterocycles. The van der Waals surface area contributed by atoms with Gasteiger partial charge in [0.15, 0.2) is 0 Å². The molecule has 1 rings (SSSR count). The Bertz CT molecular complexity index is 269. The molecule has 0 saturated carbocycles. The summed E-state index contributed by atoms with van der Waals surface area (Å²) in [5.41, 5.74) is 1.90. The molecule has 1 aromatic carbocycles. The topological polar surface area (TPSA) is 0 Å². The van der Waals surface area contributed by atoms with E-state index in [0.717, 1.165) is 5.92 Å². The molecule has 0 aliphatic rings. The van der Waals surface area contributed by atoms with Crippen LogP contribution in [0.1, 0.15) is 52.5 Å². The second-order valence-corrected chi connectivity index (χ2v) is 4.54. The summed E-state index contributed by atoms with van der Waals surface area (Å²) in [6.07, 6.45) is 3.74. The number of hydrogen-bond acceptors (Lipinski definition) is 0. The van der Waals surface area contributed by atoms with E-state index in [2.05, 4.69) is 58.0 Å². The lowest BCUT2D eigenvalue weighted by molar-refractivity contribution is 0.258. The smallest absolute Gasteiger partial charge is 0.00267 e. The van der Waals surface area contributed by atoms with Crippen molar-refractivity contribution in [1.82, 2.24) is 0 Å². The molecule has 0 heteroatoms. The second kappa shape index (κ2) is 5.34. The highest BCUT2D eigenvalue weighted by molar-refractivity contribution is 5.26. The fourth-order valence-electron chi connectivity index (χ4n) is 2.80. The third kappa shape index (κ3) is 2.25. The standard InChI is InChI=1S/C15H24/c1-5-13(4)15(6-2,7-3)14-11-9-8-10-12-14/h8-13H,5-7H2,1-4H3. The second-order valence-electron chi connectivity index (χ2n) is 4.54. The molecule has 1 unspecified atom stereocenters. The van der Waals surface area contributed by atoms with Gasteiger partial charge in [0.05, 0.1) is 0 Å². The Morgan fingerprint density at radius 1 is 1.00 bits per heavy atom. The fraction of sp³-hybridized carbons (Fsp3) is 0.600. The summed E-state index contributed by atoms with van der Waals surface area (Å²) in [4.78, 5) is 0. The van der Waals surface area contributed by atoms with E-state index in [9.17, 15) is 0 Å². The molecule has 0 fully saturated rings. The van der Waals surface area contributed by atoms with Crippen LogP contribution in [-0.2, 0) is 5.41 Å². The molecule has 0 amide bonds. The van der Waals surface area contributed by atoms with Gasteiger partial charge in [0.2, 0.25) is 0 Å². The summed E-state index contributed by atoms with van der Waals surface area (Å²) in [6, 6.07) is 11.0. The van der Waals surface area contributed by atoms with Crippen LogP contribution in [0.25, 0.3) is 0 Å². The van der Waals surface area contributed by atoms with Gasteiger partial charge < -0.3 is 0 Å². The highest BCUT2D eigenvalue weighted by atomic mass is 14.4. The van der Waals surface area contributed by atoms with Gasteiger partial charge in [-0.1, -0.05) is 64.4 Å². The van der Waals surface area contributed by atoms with Crippen LogP contribution >= 0.6 is 0 Å². The molecule has 0 aliphatic heterocycles. The predicted octanol–water partition coefficient (Wildman–Crippen LogP) is 4.79. The van der Waals surface area contributed by atoms with E-state index in [4.69, 9.17) is 0 Å². The molecule has 0 spiro atoms. The first-order valence-corrected chi connectivity index (χ1v) is 6.26. The van der Waals surface area contributed by atoms with Crippen LogP contribution in [0, 0.1) is 5.92 Å². The Kier molecular flexibility index (Phi) is 4.38. The molecule has 0 nitrogen and oxygen atoms in total. The van der Waals surface area contributed by atoms with Crippen LogP contribution in [0.4, 0.5) is 0 Å². The molecule has 1 aromatic rings. The molecule has 0 radical (unpaired) electrons. The van der Waals surface area contributed by atoms with Gasteiger partial charge in [-0.25, -0.2) is 0 Å². The van der Waals surface area contributed by atoms with Gasteiger partial charge in [-0.05, 0) is 29.7 Å². The lowest BCUT2D eigenvalue weighted by Crippen LogP contribution is -2.32. The molecular weight excluding hydrogens is 180 g/mol. The maximum absolute atomic E-state index is 2.39. The Hall–Kier alpha value is -0.780. The number of hydrogen-bond donors (Lipinski definition) is 0. The van der Waals surface area contributed by atoms with Crippen molar-refractivity contribution in [2.75, 3.05) is 0 Å². The first-order chi connectivity index (χ1) is 7.21. The SMILES string of the molecule is CCC(C)C(CC)(CC)c1ccccc1. The van der Waals surface area contributed by atoms with Gasteiger partial charge in [-0.2, -0.15) is 0 Å². The minimum Gasteiger partial charge on any atom is -0.0651 e. The summed E-state index contributed by atoms with van der Waals surface area (Å²) >= 11 is 0. The fourth-order valence-corrected chi connectivity index (χ4v) is 2.80. The van der Waals surface area contributed by atoms with E-state index in [1.54, 1.807) is 0 Å². The van der Waals surface area contributed by atoms with Crippen molar-refractivity contribution in [3.05, 3.63) is 35.9 Å². The first kappa shape index (κ1) is 12.3. The quantitative estimate of drug-likeness (QED) is 0.647. The van der Waals surface area contributed by atoms with Crippen molar-refractivity contribution in [2.24, 2.45) is 5.92 Å². The summed E-state index contributed by atoms with van der Waals surface area (Å²) in [6.45, 7) is 9.33. The maximum Gasteiger partial charge on any atom is -0.00267 e. The predicted molar refractivity (Wildman–Crippen MR) is 68.2 cm³/mol. The first-order valence-electron chi connectivity index (χ1n) is 6.26. The highest BCUT2D eigenvalue weighted by Gasteiger charge is 2.33. The largest absolute Gasteiger partial charge is 0.0651 e. The van der Waals surface area contributed by atoms with Gasteiger partial charge in [-0.15, -0.1) is 0 Å². The number of rotatable bonds is 5. The molecule has 0 N–H and O–H groups in total. The van der Waals surface area contributed by atoms with E-state index in [-0.39, 0.29) is 0 Å². The zero-order chi connectivity index (χ0) is 11.3. The normalized spacial score (nSPS) is 13.9. The molecule has 84 valence electrons. The average Bonchev–Trinajstić information content (AvgIpc) is 2.32. The van der Waals surface area contributed by atoms with Crippen molar-refractivity contribution in [2.45, 2.75) is 52.4 Å². The summed E-state index contributed by atoms with van der Waals surface area (Å²) in [7, 11) is 0. The van der Waals surface area contributed by atoms with Crippen molar-refractivity contribution in [3.8, 4) is 0 Å². The third-order valence-corrected chi connectivity index (χ3v) is 4.17. The van der Waals surface area contributed by atoms with Gasteiger partial charge in [-0.3, -0.25) is 0 Å². The molecule has 0 heterocycles. The molecule has 0 aliphatic carbocycles. The van der Waals surface area contributed by atoms with Gasteiger partial charge in [0.25, 0.3) is 0 Å². The lowest BCUT2D eigenvalue weighted by atomic mass is 9.66. The zero-order valence-electron chi connectivity index (χ0n) is 10.6. The molecule has 0 bridgehead atoms. The van der Waals surface area contributed by atoms with Gasteiger partial charge >= 0.3 is 0 Å². The van der Waals surface area contributed by atoms with Crippen molar-refractivity contribution < 1.29 is 0 Å². The van der Waals surface area contributed by atoms with Crippen LogP contribution in [0.15, 0.2) is 30.3 Å². The van der Waals surface area contributed by atoms with Gasteiger partial charge in [0, 0.05) is 0 Å². The Balaban J connectivity index is 3.11. The van der Waals surface area contributed by atoms with Crippen LogP contribution in [0.3, 0.4) is 0 Å². The lowest BCUT2D eigenvalue weighted by Gasteiger charge is -2.38.